The van der Waals surface area contributed by atoms with Crippen molar-refractivity contribution in [3.63, 3.8) is 0 Å². The van der Waals surface area contributed by atoms with E-state index in [-0.39, 0.29) is 0 Å². The smallest absolute Gasteiger partial charge is 0.155 e. The first-order chi connectivity index (χ1) is 16.7. The highest BCUT2D eigenvalue weighted by Crippen LogP contribution is 2.80. The fourth-order valence-electron chi connectivity index (χ4n) is 4.59. The molecule has 168 valence electrons. The normalized spacial score (nSPS) is 33.6. The Kier molecular flexibility index (Phi) is 5.89. The summed E-state index contributed by atoms with van der Waals surface area (Å²) in [4.78, 5) is 0. The molecule has 4 heterocycles. The van der Waals surface area contributed by atoms with Gasteiger partial charge in [-0.2, -0.15) is 64.0 Å². The van der Waals surface area contributed by atoms with E-state index in [1.54, 1.807) is 20.7 Å². The molecule has 0 aromatic heterocycles. The van der Waals surface area contributed by atoms with Crippen LogP contribution in [0.4, 0.5) is 0 Å². The Labute approximate surface area is 226 Å². The summed E-state index contributed by atoms with van der Waals surface area (Å²) in [5, 5.41) is 6.57. The van der Waals surface area contributed by atoms with Gasteiger partial charge < -0.3 is 0 Å². The third-order valence-electron chi connectivity index (χ3n) is 6.12. The van der Waals surface area contributed by atoms with Gasteiger partial charge in [-0.25, -0.2) is 0 Å². The molecule has 4 fully saturated rings. The standard InChI is InChI=1S/C24H20S6Si4/c1-5-13-21(14-6-1)31-25-32(22-15-7-2-8-16-22)28-33(26-31,23-17-9-3-10-18-23)30-34(27-31,29-32)24-19-11-4-12-20-24/h1-20H. The molecule has 8 rings (SSSR count). The van der Waals surface area contributed by atoms with Crippen LogP contribution in [0.25, 0.3) is 0 Å². The molecule has 4 aliphatic rings. The Morgan fingerprint density at radius 1 is 0.265 bits per heavy atom. The summed E-state index contributed by atoms with van der Waals surface area (Å²) in [5.74, 6) is 0. The zero-order valence-electron chi connectivity index (χ0n) is 18.0. The maximum atomic E-state index is 2.48. The van der Waals surface area contributed by atoms with E-state index in [2.05, 4.69) is 185 Å². The number of benzene rings is 4. The Morgan fingerprint density at radius 3 is 0.618 bits per heavy atom. The van der Waals surface area contributed by atoms with Gasteiger partial charge in [-0.3, -0.25) is 0 Å². The van der Waals surface area contributed by atoms with Gasteiger partial charge in [0.05, 0.1) is 0 Å². The molecule has 0 amide bonds. The van der Waals surface area contributed by atoms with E-state index in [1.165, 1.54) is 0 Å². The molecule has 4 saturated heterocycles. The van der Waals surface area contributed by atoms with Crippen LogP contribution in [0.1, 0.15) is 0 Å². The minimum absolute atomic E-state index is 1.64. The molecule has 4 aromatic carbocycles. The lowest BCUT2D eigenvalue weighted by atomic mass is 10.4. The topological polar surface area (TPSA) is 0 Å². The van der Waals surface area contributed by atoms with Crippen LogP contribution >= 0.6 is 64.0 Å². The van der Waals surface area contributed by atoms with E-state index in [0.717, 1.165) is 0 Å². The van der Waals surface area contributed by atoms with Gasteiger partial charge in [0.2, 0.25) is 0 Å². The summed E-state index contributed by atoms with van der Waals surface area (Å²) < 4.78 is 0. The molecule has 0 N–H and O–H groups in total. The van der Waals surface area contributed by atoms with E-state index >= 15 is 0 Å². The van der Waals surface area contributed by atoms with Crippen LogP contribution in [-0.2, 0) is 0 Å². The Bertz CT molecular complexity index is 1080. The second-order valence-corrected chi connectivity index (χ2v) is 62.3. The highest BCUT2D eigenvalue weighted by Gasteiger charge is 2.77. The maximum absolute atomic E-state index is 2.48. The molecule has 4 aromatic rings. The summed E-state index contributed by atoms with van der Waals surface area (Å²) in [5.41, 5.74) is -7.66. The number of hydrogen-bond acceptors (Lipinski definition) is 6. The molecule has 0 spiro atoms. The van der Waals surface area contributed by atoms with Crippen molar-refractivity contribution in [3.05, 3.63) is 121 Å². The second-order valence-electron chi connectivity index (χ2n) is 8.30. The summed E-state index contributed by atoms with van der Waals surface area (Å²) in [6.45, 7) is 0. The summed E-state index contributed by atoms with van der Waals surface area (Å²) >= 11 is 0. The second kappa shape index (κ2) is 8.71. The SMILES string of the molecule is c1ccc([Si]23S[Si]4(c5ccccc5)S[Si](c5ccccc5)(S2)S[Si](c2ccccc2)(S3)S4)cc1. The van der Waals surface area contributed by atoms with Crippen molar-refractivity contribution in [2.45, 2.75) is 0 Å². The predicted octanol–water partition coefficient (Wildman–Crippen LogP) is 5.81. The Balaban J connectivity index is 1.53. The van der Waals surface area contributed by atoms with Crippen LogP contribution < -0.4 is 20.7 Å². The molecule has 0 nitrogen and oxygen atoms in total. The molecule has 4 bridgehead atoms. The molecule has 0 aliphatic carbocycles. The van der Waals surface area contributed by atoms with Crippen molar-refractivity contribution in [2.24, 2.45) is 0 Å². The molecular formula is C24H20S6Si4. The summed E-state index contributed by atoms with van der Waals surface area (Å²) in [6, 6.07) is 46.6. The molecule has 0 radical (unpaired) electrons. The fraction of sp³-hybridized carbons (Fsp3) is 0. The van der Waals surface area contributed by atoms with Crippen molar-refractivity contribution in [3.8, 4) is 0 Å². The van der Waals surface area contributed by atoms with Crippen LogP contribution in [0.15, 0.2) is 121 Å². The van der Waals surface area contributed by atoms with Gasteiger partial charge in [0.25, 0.3) is 22.1 Å². The molecule has 0 atom stereocenters. The molecule has 0 saturated carbocycles. The van der Waals surface area contributed by atoms with E-state index in [4.69, 9.17) is 0 Å². The van der Waals surface area contributed by atoms with Crippen molar-refractivity contribution < 1.29 is 0 Å². The maximum Gasteiger partial charge on any atom is 0.258 e. The van der Waals surface area contributed by atoms with Gasteiger partial charge in [-0.15, -0.1) is 0 Å². The minimum Gasteiger partial charge on any atom is -0.155 e. The van der Waals surface area contributed by atoms with E-state index in [9.17, 15) is 0 Å². The third kappa shape index (κ3) is 3.59. The fourth-order valence-corrected chi connectivity index (χ4v) is 234. The van der Waals surface area contributed by atoms with E-state index in [0.29, 0.717) is 0 Å². The average Bonchev–Trinajstić information content (AvgIpc) is 2.90. The monoisotopic (exact) mass is 612 g/mol. The van der Waals surface area contributed by atoms with Crippen LogP contribution in [0, 0.1) is 0 Å². The molecule has 10 heteroatoms. The molecular weight excluding hydrogens is 593 g/mol. The van der Waals surface area contributed by atoms with E-state index < -0.39 is 22.1 Å². The number of hydrogen-bond donors (Lipinski definition) is 0. The van der Waals surface area contributed by atoms with Crippen LogP contribution in [0.3, 0.4) is 0 Å². The third-order valence-corrected chi connectivity index (χ3v) is 115. The zero-order valence-corrected chi connectivity index (χ0v) is 26.9. The van der Waals surface area contributed by atoms with Gasteiger partial charge >= 0.3 is 0 Å². The number of rotatable bonds is 4. The first-order valence-corrected chi connectivity index (χ1v) is 32.7. The molecule has 0 unspecified atom stereocenters. The Hall–Kier alpha value is -0.152. The van der Waals surface area contributed by atoms with Crippen molar-refractivity contribution in [1.82, 2.24) is 0 Å². The van der Waals surface area contributed by atoms with Crippen LogP contribution in [0.2, 0.25) is 0 Å². The largest absolute Gasteiger partial charge is 0.258 e. The first kappa shape index (κ1) is 23.0. The predicted molar refractivity (Wildman–Crippen MR) is 173 cm³/mol. The van der Waals surface area contributed by atoms with Crippen LogP contribution in [0.5, 0.6) is 0 Å². The summed E-state index contributed by atoms with van der Waals surface area (Å²) in [6.07, 6.45) is 0. The van der Waals surface area contributed by atoms with Crippen molar-refractivity contribution in [1.29, 1.82) is 0 Å². The lowest BCUT2D eigenvalue weighted by Crippen LogP contribution is -2.74. The first-order valence-electron chi connectivity index (χ1n) is 11.1. The van der Waals surface area contributed by atoms with Gasteiger partial charge in [-0.1, -0.05) is 121 Å². The lowest BCUT2D eigenvalue weighted by Gasteiger charge is -2.64. The molecule has 4 aliphatic heterocycles. The van der Waals surface area contributed by atoms with Gasteiger partial charge in [-0.05, 0) is 20.7 Å². The van der Waals surface area contributed by atoms with Crippen molar-refractivity contribution in [2.75, 3.05) is 0 Å². The quantitative estimate of drug-likeness (QED) is 0.265. The van der Waals surface area contributed by atoms with Gasteiger partial charge in [0.1, 0.15) is 0 Å². The van der Waals surface area contributed by atoms with E-state index in [1.807, 2.05) is 0 Å². The lowest BCUT2D eigenvalue weighted by molar-refractivity contribution is 1.77. The van der Waals surface area contributed by atoms with Crippen molar-refractivity contribution >= 4 is 107 Å². The Morgan fingerprint density at radius 2 is 0.441 bits per heavy atom. The average molecular weight is 613 g/mol. The zero-order chi connectivity index (χ0) is 22.7. The molecule has 34 heavy (non-hydrogen) atoms. The minimum atomic E-state index is -1.92. The highest BCUT2D eigenvalue weighted by molar-refractivity contribution is 9.36. The van der Waals surface area contributed by atoms with Gasteiger partial charge in [0, 0.05) is 0 Å². The van der Waals surface area contributed by atoms with Gasteiger partial charge in [0.15, 0.2) is 0 Å². The highest BCUT2D eigenvalue weighted by atomic mass is 33.2. The van der Waals surface area contributed by atoms with Crippen LogP contribution in [-0.4, -0.2) is 22.1 Å². The summed E-state index contributed by atoms with van der Waals surface area (Å²) in [7, 11) is 14.9.